The van der Waals surface area contributed by atoms with E-state index in [1.165, 1.54) is 4.31 Å². The quantitative estimate of drug-likeness (QED) is 0.767. The fourth-order valence-electron chi connectivity index (χ4n) is 3.03. The van der Waals surface area contributed by atoms with Crippen LogP contribution in [0.1, 0.15) is 39.0 Å². The number of nitrogens with two attached hydrogens (primary N) is 1. The highest BCUT2D eigenvalue weighted by Crippen LogP contribution is 2.25. The van der Waals surface area contributed by atoms with Gasteiger partial charge in [-0.2, -0.15) is 0 Å². The number of piperidine rings is 1. The van der Waals surface area contributed by atoms with Gasteiger partial charge in [-0.05, 0) is 39.0 Å². The van der Waals surface area contributed by atoms with Crippen molar-refractivity contribution in [3.05, 3.63) is 0 Å². The molecule has 6 nitrogen and oxygen atoms in total. The standard InChI is InChI=1S/C13H25N3O3S/c1-2-20(18,19)16-7-5-12(6-8-16)15-13(17)10-3-4-11(14)9-10/h10-12H,2-9,14H2,1H3,(H,15,17). The fraction of sp³-hybridized carbons (Fsp3) is 0.923. The molecule has 1 heterocycles. The van der Waals surface area contributed by atoms with Gasteiger partial charge in [0, 0.05) is 31.1 Å². The minimum absolute atomic E-state index is 0.0439. The maximum Gasteiger partial charge on any atom is 0.223 e. The van der Waals surface area contributed by atoms with E-state index in [4.69, 9.17) is 5.73 Å². The average Bonchev–Trinajstić information content (AvgIpc) is 2.86. The van der Waals surface area contributed by atoms with Crippen LogP contribution in [0.5, 0.6) is 0 Å². The van der Waals surface area contributed by atoms with Crippen LogP contribution in [0.3, 0.4) is 0 Å². The van der Waals surface area contributed by atoms with Crippen LogP contribution >= 0.6 is 0 Å². The normalized spacial score (nSPS) is 29.5. The minimum Gasteiger partial charge on any atom is -0.353 e. The van der Waals surface area contributed by atoms with Crippen LogP contribution in [0, 0.1) is 5.92 Å². The summed E-state index contributed by atoms with van der Waals surface area (Å²) in [6, 6.07) is 0.255. The van der Waals surface area contributed by atoms with Crippen LogP contribution in [-0.2, 0) is 14.8 Å². The summed E-state index contributed by atoms with van der Waals surface area (Å²) in [6.45, 7) is 2.67. The average molecular weight is 303 g/mol. The van der Waals surface area contributed by atoms with Gasteiger partial charge < -0.3 is 11.1 Å². The topological polar surface area (TPSA) is 92.5 Å². The summed E-state index contributed by atoms with van der Waals surface area (Å²) < 4.78 is 25.0. The van der Waals surface area contributed by atoms with Crippen molar-refractivity contribution in [2.24, 2.45) is 11.7 Å². The van der Waals surface area contributed by atoms with Crippen molar-refractivity contribution in [1.82, 2.24) is 9.62 Å². The third kappa shape index (κ3) is 3.71. The maximum atomic E-state index is 12.1. The molecule has 1 amide bonds. The van der Waals surface area contributed by atoms with Crippen molar-refractivity contribution in [2.45, 2.75) is 51.1 Å². The molecule has 1 saturated carbocycles. The van der Waals surface area contributed by atoms with Gasteiger partial charge in [-0.3, -0.25) is 4.79 Å². The molecule has 7 heteroatoms. The van der Waals surface area contributed by atoms with E-state index in [2.05, 4.69) is 5.32 Å². The number of hydrogen-bond donors (Lipinski definition) is 2. The van der Waals surface area contributed by atoms with Gasteiger partial charge in [-0.25, -0.2) is 12.7 Å². The second-order valence-corrected chi connectivity index (χ2v) is 8.11. The molecule has 116 valence electrons. The Kier molecular flexibility index (Phi) is 5.04. The molecule has 0 radical (unpaired) electrons. The first-order valence-corrected chi connectivity index (χ1v) is 9.07. The van der Waals surface area contributed by atoms with E-state index in [0.717, 1.165) is 19.3 Å². The Hall–Kier alpha value is -0.660. The molecule has 1 aliphatic carbocycles. The maximum absolute atomic E-state index is 12.1. The van der Waals surface area contributed by atoms with Gasteiger partial charge >= 0.3 is 0 Å². The number of nitrogens with zero attached hydrogens (tertiary/aromatic N) is 1. The van der Waals surface area contributed by atoms with Crippen molar-refractivity contribution in [3.63, 3.8) is 0 Å². The molecule has 2 aliphatic rings. The van der Waals surface area contributed by atoms with Crippen LogP contribution in [0.15, 0.2) is 0 Å². The monoisotopic (exact) mass is 303 g/mol. The number of hydrogen-bond acceptors (Lipinski definition) is 4. The molecule has 0 aromatic rings. The molecule has 2 fully saturated rings. The van der Waals surface area contributed by atoms with E-state index in [1.54, 1.807) is 6.92 Å². The van der Waals surface area contributed by atoms with E-state index in [-0.39, 0.29) is 29.7 Å². The Labute approximate surface area is 121 Å². The lowest BCUT2D eigenvalue weighted by molar-refractivity contribution is -0.125. The number of nitrogens with one attached hydrogen (secondary N) is 1. The fourth-order valence-corrected chi connectivity index (χ4v) is 4.17. The molecule has 1 aliphatic heterocycles. The van der Waals surface area contributed by atoms with E-state index >= 15 is 0 Å². The first kappa shape index (κ1) is 15.7. The first-order chi connectivity index (χ1) is 9.42. The van der Waals surface area contributed by atoms with E-state index < -0.39 is 10.0 Å². The van der Waals surface area contributed by atoms with E-state index in [0.29, 0.717) is 25.9 Å². The Morgan fingerprint density at radius 2 is 1.90 bits per heavy atom. The molecule has 0 bridgehead atoms. The lowest BCUT2D eigenvalue weighted by Crippen LogP contribution is -2.48. The summed E-state index contributed by atoms with van der Waals surface area (Å²) in [6.07, 6.45) is 3.96. The van der Waals surface area contributed by atoms with Crippen LogP contribution in [0.2, 0.25) is 0 Å². The largest absolute Gasteiger partial charge is 0.353 e. The first-order valence-electron chi connectivity index (χ1n) is 7.46. The highest BCUT2D eigenvalue weighted by atomic mass is 32.2. The van der Waals surface area contributed by atoms with E-state index in [1.807, 2.05) is 0 Å². The lowest BCUT2D eigenvalue weighted by atomic mass is 10.0. The number of carbonyl (C=O) groups is 1. The molecule has 2 rings (SSSR count). The van der Waals surface area contributed by atoms with Gasteiger partial charge in [0.15, 0.2) is 0 Å². The van der Waals surface area contributed by atoms with Crippen molar-refractivity contribution in [2.75, 3.05) is 18.8 Å². The Morgan fingerprint density at radius 3 is 2.40 bits per heavy atom. The zero-order valence-electron chi connectivity index (χ0n) is 12.0. The van der Waals surface area contributed by atoms with Crippen LogP contribution in [0.25, 0.3) is 0 Å². The number of sulfonamides is 1. The van der Waals surface area contributed by atoms with Crippen LogP contribution < -0.4 is 11.1 Å². The SMILES string of the molecule is CCS(=O)(=O)N1CCC(NC(=O)C2CCC(N)C2)CC1. The summed E-state index contributed by atoms with van der Waals surface area (Å²) in [4.78, 5) is 12.1. The predicted molar refractivity (Wildman–Crippen MR) is 77.5 cm³/mol. The van der Waals surface area contributed by atoms with Crippen molar-refractivity contribution < 1.29 is 13.2 Å². The number of amides is 1. The minimum atomic E-state index is -3.09. The Balaban J connectivity index is 1.78. The molecule has 2 atom stereocenters. The summed E-state index contributed by atoms with van der Waals surface area (Å²) in [5.74, 6) is 0.279. The smallest absolute Gasteiger partial charge is 0.223 e. The second-order valence-electron chi connectivity index (χ2n) is 5.85. The molecule has 1 saturated heterocycles. The molecular weight excluding hydrogens is 278 g/mol. The lowest BCUT2D eigenvalue weighted by Gasteiger charge is -2.31. The van der Waals surface area contributed by atoms with Crippen molar-refractivity contribution >= 4 is 15.9 Å². The molecule has 0 aromatic heterocycles. The Morgan fingerprint density at radius 1 is 1.25 bits per heavy atom. The van der Waals surface area contributed by atoms with Crippen molar-refractivity contribution in [1.29, 1.82) is 0 Å². The predicted octanol–water partition coefficient (Wildman–Crippen LogP) is 0.0441. The molecule has 3 N–H and O–H groups in total. The molecular formula is C13H25N3O3S. The zero-order valence-corrected chi connectivity index (χ0v) is 12.9. The van der Waals surface area contributed by atoms with Crippen LogP contribution in [-0.4, -0.2) is 49.6 Å². The highest BCUT2D eigenvalue weighted by molar-refractivity contribution is 7.89. The zero-order chi connectivity index (χ0) is 14.8. The van der Waals surface area contributed by atoms with Crippen LogP contribution in [0.4, 0.5) is 0 Å². The highest BCUT2D eigenvalue weighted by Gasteiger charge is 2.31. The van der Waals surface area contributed by atoms with Gasteiger partial charge in [0.2, 0.25) is 15.9 Å². The van der Waals surface area contributed by atoms with Gasteiger partial charge in [-0.1, -0.05) is 0 Å². The van der Waals surface area contributed by atoms with Crippen molar-refractivity contribution in [3.8, 4) is 0 Å². The summed E-state index contributed by atoms with van der Waals surface area (Å²) in [7, 11) is -3.09. The van der Waals surface area contributed by atoms with Gasteiger partial charge in [0.1, 0.15) is 0 Å². The molecule has 0 aromatic carbocycles. The summed E-state index contributed by atoms with van der Waals surface area (Å²) >= 11 is 0. The van der Waals surface area contributed by atoms with Gasteiger partial charge in [0.05, 0.1) is 5.75 Å². The molecule has 2 unspecified atom stereocenters. The molecule has 20 heavy (non-hydrogen) atoms. The number of rotatable bonds is 4. The molecule has 0 spiro atoms. The second kappa shape index (κ2) is 6.41. The summed E-state index contributed by atoms with van der Waals surface area (Å²) in [5, 5.41) is 3.06. The summed E-state index contributed by atoms with van der Waals surface area (Å²) in [5.41, 5.74) is 5.82. The third-order valence-corrected chi connectivity index (χ3v) is 6.28. The third-order valence-electron chi connectivity index (χ3n) is 4.40. The number of carbonyl (C=O) groups excluding carboxylic acids is 1. The van der Waals surface area contributed by atoms with E-state index in [9.17, 15) is 13.2 Å². The van der Waals surface area contributed by atoms with Gasteiger partial charge in [-0.15, -0.1) is 0 Å². The Bertz CT molecular complexity index is 444. The van der Waals surface area contributed by atoms with Gasteiger partial charge in [0.25, 0.3) is 0 Å².